The van der Waals surface area contributed by atoms with Gasteiger partial charge in [0, 0.05) is 5.69 Å². The molecule has 0 bridgehead atoms. The zero-order valence-corrected chi connectivity index (χ0v) is 11.3. The predicted molar refractivity (Wildman–Crippen MR) is 78.8 cm³/mol. The average molecular weight is 271 g/mol. The number of carbonyl (C=O) groups excluding carboxylic acids is 1. The Kier molecular flexibility index (Phi) is 4.55. The fraction of sp³-hybridized carbons (Fsp3) is 0.200. The van der Waals surface area contributed by atoms with Crippen LogP contribution in [0.2, 0.25) is 0 Å². The van der Waals surface area contributed by atoms with Crippen LogP contribution in [0, 0.1) is 0 Å². The maximum Gasteiger partial charge on any atom is 0.274 e. The van der Waals surface area contributed by atoms with Crippen molar-refractivity contribution in [3.05, 3.63) is 48.2 Å². The molecule has 0 atom stereocenters. The molecule has 0 aliphatic carbocycles. The van der Waals surface area contributed by atoms with Crippen LogP contribution in [-0.4, -0.2) is 17.5 Å². The van der Waals surface area contributed by atoms with Gasteiger partial charge in [0.2, 0.25) is 0 Å². The van der Waals surface area contributed by atoms with E-state index >= 15 is 0 Å². The Balaban J connectivity index is 2.01. The van der Waals surface area contributed by atoms with Crippen LogP contribution in [0.1, 0.15) is 23.8 Å². The first-order valence-corrected chi connectivity index (χ1v) is 6.46. The molecule has 0 unspecified atom stereocenters. The number of benzene rings is 1. The molecule has 1 aromatic carbocycles. The molecule has 2 rings (SSSR count). The Hall–Kier alpha value is -2.56. The largest absolute Gasteiger partial charge is 0.494 e. The number of hydrogen-bond acceptors (Lipinski definition) is 4. The number of ether oxygens (including phenoxy) is 1. The number of amides is 1. The first-order chi connectivity index (χ1) is 9.69. The molecule has 0 spiro atoms. The van der Waals surface area contributed by atoms with Crippen molar-refractivity contribution in [1.82, 2.24) is 4.98 Å². The maximum absolute atomic E-state index is 12.0. The summed E-state index contributed by atoms with van der Waals surface area (Å²) in [7, 11) is 0. The maximum atomic E-state index is 12.0. The van der Waals surface area contributed by atoms with Crippen LogP contribution in [0.4, 0.5) is 11.5 Å². The van der Waals surface area contributed by atoms with Gasteiger partial charge < -0.3 is 15.8 Å². The molecule has 5 heteroatoms. The van der Waals surface area contributed by atoms with Crippen LogP contribution in [-0.2, 0) is 0 Å². The predicted octanol–water partition coefficient (Wildman–Crippen LogP) is 2.70. The number of nitrogens with two attached hydrogens (primary N) is 1. The van der Waals surface area contributed by atoms with Crippen LogP contribution in [0.15, 0.2) is 42.5 Å². The van der Waals surface area contributed by atoms with Crippen molar-refractivity contribution in [2.24, 2.45) is 0 Å². The molecule has 3 N–H and O–H groups in total. The summed E-state index contributed by atoms with van der Waals surface area (Å²) < 4.78 is 5.47. The van der Waals surface area contributed by atoms with E-state index in [-0.39, 0.29) is 11.6 Å². The fourth-order valence-electron chi connectivity index (χ4n) is 1.63. The molecule has 0 radical (unpaired) electrons. The van der Waals surface area contributed by atoms with Crippen molar-refractivity contribution < 1.29 is 9.53 Å². The monoisotopic (exact) mass is 271 g/mol. The normalized spacial score (nSPS) is 10.1. The number of rotatable bonds is 5. The van der Waals surface area contributed by atoms with Crippen molar-refractivity contribution in [3.63, 3.8) is 0 Å². The lowest BCUT2D eigenvalue weighted by Crippen LogP contribution is -2.14. The Labute approximate surface area is 117 Å². The first kappa shape index (κ1) is 13.9. The quantitative estimate of drug-likeness (QED) is 0.876. The zero-order valence-electron chi connectivity index (χ0n) is 11.3. The lowest BCUT2D eigenvalue weighted by atomic mass is 10.2. The second-order valence-electron chi connectivity index (χ2n) is 4.27. The summed E-state index contributed by atoms with van der Waals surface area (Å²) >= 11 is 0. The van der Waals surface area contributed by atoms with Crippen molar-refractivity contribution in [3.8, 4) is 5.75 Å². The lowest BCUT2D eigenvalue weighted by molar-refractivity contribution is 0.102. The summed E-state index contributed by atoms with van der Waals surface area (Å²) in [6.45, 7) is 2.73. The van der Waals surface area contributed by atoms with Gasteiger partial charge in [-0.05, 0) is 42.8 Å². The summed E-state index contributed by atoms with van der Waals surface area (Å²) in [5, 5.41) is 2.76. The number of pyridine rings is 1. The van der Waals surface area contributed by atoms with Crippen LogP contribution in [0.25, 0.3) is 0 Å². The molecule has 2 aromatic rings. The molecule has 5 nitrogen and oxygen atoms in total. The van der Waals surface area contributed by atoms with Gasteiger partial charge >= 0.3 is 0 Å². The number of nitrogen functional groups attached to an aromatic ring is 1. The number of carbonyl (C=O) groups is 1. The molecule has 0 fully saturated rings. The Morgan fingerprint density at radius 3 is 2.65 bits per heavy atom. The average Bonchev–Trinajstić information content (AvgIpc) is 2.46. The van der Waals surface area contributed by atoms with E-state index in [9.17, 15) is 4.79 Å². The van der Waals surface area contributed by atoms with Gasteiger partial charge in [0.15, 0.2) is 0 Å². The minimum Gasteiger partial charge on any atom is -0.494 e. The van der Waals surface area contributed by atoms with Gasteiger partial charge in [0.25, 0.3) is 5.91 Å². The Morgan fingerprint density at radius 2 is 2.00 bits per heavy atom. The summed E-state index contributed by atoms with van der Waals surface area (Å²) in [6.07, 6.45) is 0.958. The highest BCUT2D eigenvalue weighted by atomic mass is 16.5. The summed E-state index contributed by atoms with van der Waals surface area (Å²) in [5.74, 6) is 0.812. The highest BCUT2D eigenvalue weighted by Crippen LogP contribution is 2.16. The van der Waals surface area contributed by atoms with E-state index in [0.717, 1.165) is 12.2 Å². The topological polar surface area (TPSA) is 77.2 Å². The fourth-order valence-corrected chi connectivity index (χ4v) is 1.63. The zero-order chi connectivity index (χ0) is 14.4. The molecule has 1 heterocycles. The first-order valence-electron chi connectivity index (χ1n) is 6.46. The number of aromatic nitrogens is 1. The van der Waals surface area contributed by atoms with E-state index in [1.54, 1.807) is 30.3 Å². The van der Waals surface area contributed by atoms with Gasteiger partial charge in [-0.25, -0.2) is 4.98 Å². The molecule has 0 saturated carbocycles. The van der Waals surface area contributed by atoms with E-state index in [1.165, 1.54) is 0 Å². The molecule has 104 valence electrons. The Bertz CT molecular complexity index is 582. The van der Waals surface area contributed by atoms with E-state index in [2.05, 4.69) is 10.3 Å². The Morgan fingerprint density at radius 1 is 1.25 bits per heavy atom. The molecule has 0 aliphatic heterocycles. The molecular weight excluding hydrogens is 254 g/mol. The van der Waals surface area contributed by atoms with Crippen LogP contribution >= 0.6 is 0 Å². The smallest absolute Gasteiger partial charge is 0.274 e. The summed E-state index contributed by atoms with van der Waals surface area (Å²) in [5.41, 5.74) is 6.52. The number of anilines is 2. The molecule has 1 amide bonds. The van der Waals surface area contributed by atoms with Crippen molar-refractivity contribution in [2.45, 2.75) is 13.3 Å². The van der Waals surface area contributed by atoms with Crippen molar-refractivity contribution >= 4 is 17.4 Å². The lowest BCUT2D eigenvalue weighted by Gasteiger charge is -2.07. The summed E-state index contributed by atoms with van der Waals surface area (Å²) in [6, 6.07) is 12.2. The van der Waals surface area contributed by atoms with Crippen molar-refractivity contribution in [1.29, 1.82) is 0 Å². The van der Waals surface area contributed by atoms with Crippen molar-refractivity contribution in [2.75, 3.05) is 17.7 Å². The van der Waals surface area contributed by atoms with Gasteiger partial charge in [-0.2, -0.15) is 0 Å². The van der Waals surface area contributed by atoms with Gasteiger partial charge in [0.1, 0.15) is 17.3 Å². The number of hydrogen-bond donors (Lipinski definition) is 2. The second-order valence-corrected chi connectivity index (χ2v) is 4.27. The number of nitrogens with zero attached hydrogens (tertiary/aromatic N) is 1. The highest BCUT2D eigenvalue weighted by molar-refractivity contribution is 6.03. The third kappa shape index (κ3) is 3.71. The molecular formula is C15H17N3O2. The standard InChI is InChI=1S/C15H17N3O2/c1-2-10-20-12-8-6-11(7-9-12)17-15(19)13-4-3-5-14(16)18-13/h3-9H,2,10H2,1H3,(H2,16,18)(H,17,19). The minimum absolute atomic E-state index is 0.288. The number of nitrogens with one attached hydrogen (secondary N) is 1. The van der Waals surface area contributed by atoms with E-state index < -0.39 is 0 Å². The minimum atomic E-state index is -0.292. The van der Waals surface area contributed by atoms with E-state index in [4.69, 9.17) is 10.5 Å². The summed E-state index contributed by atoms with van der Waals surface area (Å²) in [4.78, 5) is 15.9. The highest BCUT2D eigenvalue weighted by Gasteiger charge is 2.07. The molecule has 0 saturated heterocycles. The van der Waals surface area contributed by atoms with Crippen LogP contribution in [0.5, 0.6) is 5.75 Å². The third-order valence-corrected chi connectivity index (χ3v) is 2.59. The van der Waals surface area contributed by atoms with Gasteiger partial charge in [-0.3, -0.25) is 4.79 Å². The second kappa shape index (κ2) is 6.56. The van der Waals surface area contributed by atoms with Gasteiger partial charge in [0.05, 0.1) is 6.61 Å². The van der Waals surface area contributed by atoms with Gasteiger partial charge in [-0.1, -0.05) is 13.0 Å². The van der Waals surface area contributed by atoms with E-state index in [0.29, 0.717) is 18.1 Å². The van der Waals surface area contributed by atoms with E-state index in [1.807, 2.05) is 19.1 Å². The van der Waals surface area contributed by atoms with Crippen LogP contribution < -0.4 is 15.8 Å². The van der Waals surface area contributed by atoms with Gasteiger partial charge in [-0.15, -0.1) is 0 Å². The molecule has 1 aromatic heterocycles. The molecule has 0 aliphatic rings. The molecule has 20 heavy (non-hydrogen) atoms. The SMILES string of the molecule is CCCOc1ccc(NC(=O)c2cccc(N)n2)cc1. The third-order valence-electron chi connectivity index (χ3n) is 2.59. The van der Waals surface area contributed by atoms with Crippen LogP contribution in [0.3, 0.4) is 0 Å².